The molecular formula is C54H70ClN5O7. The molecule has 0 spiro atoms. The molecule has 12 nitrogen and oxygen atoms in total. The van der Waals surface area contributed by atoms with Gasteiger partial charge in [0.25, 0.3) is 5.91 Å². The summed E-state index contributed by atoms with van der Waals surface area (Å²) in [4.78, 5) is 55.5. The van der Waals surface area contributed by atoms with E-state index in [4.69, 9.17) is 21.1 Å². The molecule has 2 aliphatic heterocycles. The van der Waals surface area contributed by atoms with E-state index >= 15 is 0 Å². The van der Waals surface area contributed by atoms with Crippen molar-refractivity contribution in [3.63, 3.8) is 0 Å². The standard InChI is InChI=1S/C54H70ClN5O7/c1-52(2,3)47(49(65)60-33-41(61)30-44(60)45(62)24-17-36-13-18-37(19-14-36)38-25-27-57-28-26-38)58-46(63)34-66-29-11-9-8-10-12-35-15-20-39(21-16-35)48(64)59-50-53(4,5)51(54(50,6)7)67-42-23-22-40(32-56)43(55)31-42/h13-16,18-23,25,31,41,44,47,50-51,57,61H,8-12,17,24,26-30,33-34H2,1-7H3,(H,58,63)(H,59,64)/t41-,44+,47-,50?,51?/m1/s1. The van der Waals surface area contributed by atoms with E-state index in [0.717, 1.165) is 62.7 Å². The summed E-state index contributed by atoms with van der Waals surface area (Å²) in [5.74, 6) is -0.411. The molecule has 13 heteroatoms. The topological polar surface area (TPSA) is 170 Å². The van der Waals surface area contributed by atoms with Crippen LogP contribution in [-0.4, -0.2) is 96.7 Å². The molecule has 3 atom stereocenters. The highest BCUT2D eigenvalue weighted by molar-refractivity contribution is 6.31. The minimum absolute atomic E-state index is 0.0469. The summed E-state index contributed by atoms with van der Waals surface area (Å²) in [5.41, 5.74) is 4.33. The highest BCUT2D eigenvalue weighted by Gasteiger charge is 2.64. The molecule has 2 fully saturated rings. The number of aliphatic hydroxyl groups excluding tert-OH is 1. The molecule has 360 valence electrons. The number of rotatable bonds is 20. The fraction of sp³-hybridized carbons (Fsp3) is 0.537. The zero-order valence-electron chi connectivity index (χ0n) is 40.4. The van der Waals surface area contributed by atoms with Crippen molar-refractivity contribution in [1.82, 2.24) is 20.9 Å². The van der Waals surface area contributed by atoms with Crippen molar-refractivity contribution in [2.45, 2.75) is 137 Å². The number of halogens is 1. The van der Waals surface area contributed by atoms with Crippen LogP contribution in [-0.2, 0) is 32.0 Å². The first-order valence-electron chi connectivity index (χ1n) is 23.9. The minimum Gasteiger partial charge on any atom is -0.489 e. The Morgan fingerprint density at radius 3 is 2.25 bits per heavy atom. The van der Waals surface area contributed by atoms with Gasteiger partial charge in [0, 0.05) is 61.0 Å². The molecule has 0 bridgehead atoms. The van der Waals surface area contributed by atoms with Crippen molar-refractivity contribution in [3.05, 3.63) is 106 Å². The number of β-amino-alcohol motifs (C(OH)–C–C–N with tert-alkyl or cyclic N) is 1. The van der Waals surface area contributed by atoms with Crippen LogP contribution in [0.5, 0.6) is 5.75 Å². The molecule has 0 unspecified atom stereocenters. The van der Waals surface area contributed by atoms with Crippen LogP contribution in [0.4, 0.5) is 0 Å². The third-order valence-electron chi connectivity index (χ3n) is 13.8. The highest BCUT2D eigenvalue weighted by atomic mass is 35.5. The molecule has 3 aromatic carbocycles. The van der Waals surface area contributed by atoms with Crippen molar-refractivity contribution in [3.8, 4) is 11.8 Å². The predicted octanol–water partition coefficient (Wildman–Crippen LogP) is 8.01. The number of nitriles is 1. The van der Waals surface area contributed by atoms with Crippen LogP contribution in [0.1, 0.15) is 126 Å². The molecule has 3 aromatic rings. The number of likely N-dealkylation sites (tertiary alicyclic amines) is 1. The highest BCUT2D eigenvalue weighted by Crippen LogP contribution is 2.55. The predicted molar refractivity (Wildman–Crippen MR) is 262 cm³/mol. The normalized spacial score (nSPS) is 21.3. The number of hydrogen-bond donors (Lipinski definition) is 4. The van der Waals surface area contributed by atoms with Crippen molar-refractivity contribution < 1.29 is 33.8 Å². The van der Waals surface area contributed by atoms with Gasteiger partial charge in [0.2, 0.25) is 11.8 Å². The fourth-order valence-corrected chi connectivity index (χ4v) is 10.5. The fourth-order valence-electron chi connectivity index (χ4n) is 10.3. The summed E-state index contributed by atoms with van der Waals surface area (Å²) < 4.78 is 12.1. The average Bonchev–Trinajstić information content (AvgIpc) is 3.70. The largest absolute Gasteiger partial charge is 0.489 e. The first-order chi connectivity index (χ1) is 31.8. The summed E-state index contributed by atoms with van der Waals surface area (Å²) in [6.45, 7) is 16.0. The van der Waals surface area contributed by atoms with Crippen LogP contribution in [0.3, 0.4) is 0 Å². The summed E-state index contributed by atoms with van der Waals surface area (Å²) in [7, 11) is 0. The zero-order valence-corrected chi connectivity index (χ0v) is 41.1. The van der Waals surface area contributed by atoms with Gasteiger partial charge in [-0.25, -0.2) is 0 Å². The van der Waals surface area contributed by atoms with E-state index in [0.29, 0.717) is 34.9 Å². The number of nitrogens with one attached hydrogen (secondary N) is 3. The van der Waals surface area contributed by atoms with Crippen molar-refractivity contribution >= 4 is 40.7 Å². The average molecular weight is 937 g/mol. The lowest BCUT2D eigenvalue weighted by atomic mass is 9.49. The number of unbranched alkanes of at least 4 members (excludes halogenated alkanes) is 3. The van der Waals surface area contributed by atoms with E-state index in [9.17, 15) is 29.5 Å². The Morgan fingerprint density at radius 2 is 1.61 bits per heavy atom. The molecule has 1 aliphatic carbocycles. The lowest BCUT2D eigenvalue weighted by Crippen LogP contribution is -2.74. The zero-order chi connectivity index (χ0) is 48.5. The van der Waals surface area contributed by atoms with Crippen LogP contribution in [0.25, 0.3) is 5.57 Å². The Labute approximate surface area is 402 Å². The number of carbonyl (C=O) groups excluding carboxylic acids is 4. The summed E-state index contributed by atoms with van der Waals surface area (Å²) in [6, 6.07) is 21.4. The second-order valence-corrected chi connectivity index (χ2v) is 21.2. The smallest absolute Gasteiger partial charge is 0.251 e. The Bertz CT molecular complexity index is 2280. The molecule has 0 aromatic heterocycles. The van der Waals surface area contributed by atoms with Gasteiger partial charge >= 0.3 is 0 Å². The minimum atomic E-state index is -0.901. The Balaban J connectivity index is 0.875. The van der Waals surface area contributed by atoms with Crippen LogP contribution >= 0.6 is 11.6 Å². The molecule has 1 saturated carbocycles. The number of ketones is 1. The number of carbonyl (C=O) groups is 4. The number of amides is 3. The number of aliphatic hydroxyl groups is 1. The lowest BCUT2D eigenvalue weighted by Gasteiger charge is -2.63. The number of benzene rings is 3. The van der Waals surface area contributed by atoms with Crippen LogP contribution in [0.15, 0.2) is 72.8 Å². The number of nitrogens with zero attached hydrogens (tertiary/aromatic N) is 2. The second kappa shape index (κ2) is 22.4. The first-order valence-corrected chi connectivity index (χ1v) is 24.3. The van der Waals surface area contributed by atoms with E-state index < -0.39 is 29.5 Å². The van der Waals surface area contributed by atoms with Gasteiger partial charge in [0.15, 0.2) is 5.78 Å². The summed E-state index contributed by atoms with van der Waals surface area (Å²) in [6.07, 6.45) is 7.70. The molecule has 2 heterocycles. The van der Waals surface area contributed by atoms with E-state index in [1.165, 1.54) is 16.0 Å². The monoisotopic (exact) mass is 935 g/mol. The third-order valence-corrected chi connectivity index (χ3v) is 14.1. The molecule has 4 N–H and O–H groups in total. The number of ether oxygens (including phenoxy) is 2. The quantitative estimate of drug-likeness (QED) is 0.0820. The molecule has 0 radical (unpaired) electrons. The molecule has 6 rings (SSSR count). The Kier molecular flexibility index (Phi) is 17.1. The molecular weight excluding hydrogens is 866 g/mol. The Hall–Kier alpha value is -5.06. The van der Waals surface area contributed by atoms with Gasteiger partial charge in [-0.15, -0.1) is 0 Å². The number of Topliss-reactive ketones (excluding diaryl/α,β-unsaturated/α-hetero) is 1. The van der Waals surface area contributed by atoms with Gasteiger partial charge in [-0.3, -0.25) is 19.2 Å². The van der Waals surface area contributed by atoms with E-state index in [-0.39, 0.29) is 66.6 Å². The van der Waals surface area contributed by atoms with E-state index in [1.54, 1.807) is 18.2 Å². The van der Waals surface area contributed by atoms with Gasteiger partial charge in [-0.1, -0.05) is 115 Å². The maximum Gasteiger partial charge on any atom is 0.251 e. The van der Waals surface area contributed by atoms with Crippen LogP contribution < -0.4 is 20.7 Å². The Morgan fingerprint density at radius 1 is 0.940 bits per heavy atom. The third kappa shape index (κ3) is 12.9. The van der Waals surface area contributed by atoms with Gasteiger partial charge in [0.05, 0.1) is 22.7 Å². The summed E-state index contributed by atoms with van der Waals surface area (Å²) >= 11 is 6.24. The van der Waals surface area contributed by atoms with Crippen molar-refractivity contribution in [1.29, 1.82) is 5.26 Å². The van der Waals surface area contributed by atoms with Crippen molar-refractivity contribution in [2.24, 2.45) is 16.2 Å². The molecule has 3 aliphatic rings. The SMILES string of the molecule is CC1(C)C(NC(=O)c2ccc(CCCCCCOCC(=O)N[C@H](C(=O)N3C[C@H](O)C[C@H]3C(=O)CCc3ccc(C4=CCNCC4)cc3)C(C)(C)C)cc2)C(C)(C)C1Oc1ccc(C#N)c(Cl)c1. The van der Waals surface area contributed by atoms with E-state index in [2.05, 4.69) is 80.1 Å². The van der Waals surface area contributed by atoms with Gasteiger partial charge in [0.1, 0.15) is 30.6 Å². The van der Waals surface area contributed by atoms with Gasteiger partial charge in [-0.2, -0.15) is 5.26 Å². The van der Waals surface area contributed by atoms with Gasteiger partial charge < -0.3 is 35.4 Å². The first kappa shape index (κ1) is 51.3. The second-order valence-electron chi connectivity index (χ2n) is 20.8. The van der Waals surface area contributed by atoms with Gasteiger partial charge in [-0.05, 0) is 90.6 Å². The maximum atomic E-state index is 14.0. The lowest BCUT2D eigenvalue weighted by molar-refractivity contribution is -0.164. The molecule has 3 amide bonds. The maximum absolute atomic E-state index is 14.0. The van der Waals surface area contributed by atoms with E-state index in [1.807, 2.05) is 45.0 Å². The molecule has 1 saturated heterocycles. The molecule has 67 heavy (non-hydrogen) atoms. The summed E-state index contributed by atoms with van der Waals surface area (Å²) in [5, 5.41) is 29.6. The number of aryl methyl sites for hydroxylation is 2. The van der Waals surface area contributed by atoms with Crippen LogP contribution in [0, 0.1) is 27.6 Å². The van der Waals surface area contributed by atoms with Crippen LogP contribution in [0.2, 0.25) is 5.02 Å². The van der Waals surface area contributed by atoms with Crippen molar-refractivity contribution in [2.75, 3.05) is 32.8 Å². The number of hydrogen-bond acceptors (Lipinski definition) is 9.